The lowest BCUT2D eigenvalue weighted by molar-refractivity contribution is 0.530. The zero-order valence-corrected chi connectivity index (χ0v) is 9.64. The van der Waals surface area contributed by atoms with Crippen LogP contribution in [-0.4, -0.2) is 29.2 Å². The molecule has 0 bridgehead atoms. The molecule has 2 unspecified atom stereocenters. The second-order valence-corrected chi connectivity index (χ2v) is 5.45. The van der Waals surface area contributed by atoms with Gasteiger partial charge in [0.1, 0.15) is 0 Å². The van der Waals surface area contributed by atoms with Gasteiger partial charge >= 0.3 is 0 Å². The average molecular weight is 205 g/mol. The van der Waals surface area contributed by atoms with Crippen LogP contribution in [0.5, 0.6) is 0 Å². The highest BCUT2D eigenvalue weighted by molar-refractivity contribution is 8.00. The van der Waals surface area contributed by atoms with Crippen LogP contribution in [-0.2, 0) is 0 Å². The van der Waals surface area contributed by atoms with Gasteiger partial charge in [-0.3, -0.25) is 0 Å². The second kappa shape index (κ2) is 6.17. The standard InChI is InChI=1S/C9H19NS2/c1-3-8-7-12-9(10-8)5-4-6-11-2/h8-10H,3-7H2,1-2H3. The van der Waals surface area contributed by atoms with Crippen molar-refractivity contribution in [3.05, 3.63) is 0 Å². The highest BCUT2D eigenvalue weighted by Crippen LogP contribution is 2.24. The molecular weight excluding hydrogens is 186 g/mol. The van der Waals surface area contributed by atoms with E-state index in [1.165, 1.54) is 30.8 Å². The molecule has 1 N–H and O–H groups in total. The summed E-state index contributed by atoms with van der Waals surface area (Å²) in [6.45, 7) is 2.27. The molecule has 1 aliphatic rings. The van der Waals surface area contributed by atoms with Crippen molar-refractivity contribution in [1.82, 2.24) is 5.32 Å². The molecule has 0 aromatic heterocycles. The third-order valence-electron chi connectivity index (χ3n) is 2.23. The highest BCUT2D eigenvalue weighted by atomic mass is 32.2. The summed E-state index contributed by atoms with van der Waals surface area (Å²) in [7, 11) is 0. The fourth-order valence-corrected chi connectivity index (χ4v) is 3.28. The van der Waals surface area contributed by atoms with E-state index in [1.807, 2.05) is 11.8 Å². The van der Waals surface area contributed by atoms with Gasteiger partial charge in [-0.15, -0.1) is 11.8 Å². The van der Waals surface area contributed by atoms with E-state index in [4.69, 9.17) is 0 Å². The quantitative estimate of drug-likeness (QED) is 0.693. The van der Waals surface area contributed by atoms with Crippen LogP contribution in [0.2, 0.25) is 0 Å². The maximum atomic E-state index is 3.65. The summed E-state index contributed by atoms with van der Waals surface area (Å²) in [4.78, 5) is 0. The molecule has 0 aromatic rings. The van der Waals surface area contributed by atoms with E-state index in [0.29, 0.717) is 0 Å². The van der Waals surface area contributed by atoms with Gasteiger partial charge in [-0.05, 0) is 31.3 Å². The molecule has 0 spiro atoms. The summed E-state index contributed by atoms with van der Waals surface area (Å²) in [6.07, 6.45) is 6.18. The second-order valence-electron chi connectivity index (χ2n) is 3.23. The summed E-state index contributed by atoms with van der Waals surface area (Å²) >= 11 is 4.06. The van der Waals surface area contributed by atoms with Gasteiger partial charge in [0.25, 0.3) is 0 Å². The Hall–Kier alpha value is 0.660. The number of thioether (sulfide) groups is 2. The molecule has 1 rings (SSSR count). The minimum Gasteiger partial charge on any atom is -0.302 e. The van der Waals surface area contributed by atoms with E-state index in [0.717, 1.165) is 11.4 Å². The van der Waals surface area contributed by atoms with Crippen molar-refractivity contribution in [3.63, 3.8) is 0 Å². The number of hydrogen-bond acceptors (Lipinski definition) is 3. The minimum atomic E-state index is 0.752. The summed E-state index contributed by atoms with van der Waals surface area (Å²) in [5.41, 5.74) is 0. The zero-order valence-electron chi connectivity index (χ0n) is 8.01. The van der Waals surface area contributed by atoms with Crippen molar-refractivity contribution in [2.75, 3.05) is 17.8 Å². The third kappa shape index (κ3) is 3.58. The lowest BCUT2D eigenvalue weighted by Gasteiger charge is -2.10. The van der Waals surface area contributed by atoms with Gasteiger partial charge in [-0.25, -0.2) is 0 Å². The molecule has 3 heteroatoms. The smallest absolute Gasteiger partial charge is 0.0535 e. The van der Waals surface area contributed by atoms with E-state index in [1.54, 1.807) is 0 Å². The Labute approximate surface area is 84.4 Å². The van der Waals surface area contributed by atoms with Crippen molar-refractivity contribution in [3.8, 4) is 0 Å². The fourth-order valence-electron chi connectivity index (χ4n) is 1.41. The molecule has 1 aliphatic heterocycles. The predicted molar refractivity (Wildman–Crippen MR) is 61.1 cm³/mol. The third-order valence-corrected chi connectivity index (χ3v) is 4.29. The first-order valence-electron chi connectivity index (χ1n) is 4.73. The van der Waals surface area contributed by atoms with Crippen molar-refractivity contribution in [2.24, 2.45) is 0 Å². The molecule has 1 saturated heterocycles. The van der Waals surface area contributed by atoms with Crippen LogP contribution in [0.1, 0.15) is 26.2 Å². The first-order chi connectivity index (χ1) is 5.86. The number of rotatable bonds is 5. The Kier molecular flexibility index (Phi) is 5.52. The molecule has 0 aromatic carbocycles. The van der Waals surface area contributed by atoms with E-state index >= 15 is 0 Å². The van der Waals surface area contributed by atoms with Crippen molar-refractivity contribution >= 4 is 23.5 Å². The minimum absolute atomic E-state index is 0.752. The fraction of sp³-hybridized carbons (Fsp3) is 1.00. The van der Waals surface area contributed by atoms with Crippen LogP contribution in [0.25, 0.3) is 0 Å². The maximum Gasteiger partial charge on any atom is 0.0535 e. The van der Waals surface area contributed by atoms with Gasteiger partial charge in [0.05, 0.1) is 5.37 Å². The Bertz CT molecular complexity index is 119. The lowest BCUT2D eigenvalue weighted by Crippen LogP contribution is -2.29. The topological polar surface area (TPSA) is 12.0 Å². The van der Waals surface area contributed by atoms with E-state index in [-0.39, 0.29) is 0 Å². The van der Waals surface area contributed by atoms with Crippen molar-refractivity contribution in [2.45, 2.75) is 37.6 Å². The molecule has 2 atom stereocenters. The maximum absolute atomic E-state index is 3.65. The molecule has 72 valence electrons. The SMILES string of the molecule is CCC1CSC(CCCSC)N1. The molecule has 0 saturated carbocycles. The molecule has 1 heterocycles. The van der Waals surface area contributed by atoms with Crippen LogP contribution in [0.3, 0.4) is 0 Å². The zero-order chi connectivity index (χ0) is 8.81. The van der Waals surface area contributed by atoms with Gasteiger partial charge in [0.15, 0.2) is 0 Å². The Balaban J connectivity index is 2.03. The normalized spacial score (nSPS) is 29.5. The summed E-state index contributed by atoms with van der Waals surface area (Å²) in [5.74, 6) is 2.63. The predicted octanol–water partition coefficient (Wildman–Crippen LogP) is 2.57. The van der Waals surface area contributed by atoms with Crippen LogP contribution >= 0.6 is 23.5 Å². The van der Waals surface area contributed by atoms with E-state index in [2.05, 4.69) is 30.3 Å². The molecule has 1 fully saturated rings. The van der Waals surface area contributed by atoms with Crippen LogP contribution in [0.15, 0.2) is 0 Å². The van der Waals surface area contributed by atoms with Crippen molar-refractivity contribution < 1.29 is 0 Å². The molecule has 0 aliphatic carbocycles. The average Bonchev–Trinajstić information content (AvgIpc) is 2.53. The van der Waals surface area contributed by atoms with Gasteiger partial charge in [-0.1, -0.05) is 6.92 Å². The lowest BCUT2D eigenvalue weighted by atomic mass is 10.2. The van der Waals surface area contributed by atoms with Gasteiger partial charge in [0.2, 0.25) is 0 Å². The Morgan fingerprint density at radius 3 is 3.00 bits per heavy atom. The van der Waals surface area contributed by atoms with Crippen LogP contribution < -0.4 is 5.32 Å². The first kappa shape index (κ1) is 10.7. The summed E-state index contributed by atoms with van der Waals surface area (Å²) < 4.78 is 0. The molecule has 0 amide bonds. The monoisotopic (exact) mass is 205 g/mol. The Morgan fingerprint density at radius 1 is 1.58 bits per heavy atom. The van der Waals surface area contributed by atoms with Gasteiger partial charge in [0, 0.05) is 11.8 Å². The van der Waals surface area contributed by atoms with Crippen LogP contribution in [0.4, 0.5) is 0 Å². The molecule has 12 heavy (non-hydrogen) atoms. The van der Waals surface area contributed by atoms with Crippen LogP contribution in [0, 0.1) is 0 Å². The number of nitrogens with one attached hydrogen (secondary N) is 1. The van der Waals surface area contributed by atoms with Gasteiger partial charge in [-0.2, -0.15) is 11.8 Å². The van der Waals surface area contributed by atoms with Gasteiger partial charge < -0.3 is 5.32 Å². The summed E-state index contributed by atoms with van der Waals surface area (Å²) in [5, 5.41) is 4.41. The first-order valence-corrected chi connectivity index (χ1v) is 7.17. The van der Waals surface area contributed by atoms with E-state index < -0.39 is 0 Å². The molecule has 0 radical (unpaired) electrons. The number of hydrogen-bond donors (Lipinski definition) is 1. The van der Waals surface area contributed by atoms with E-state index in [9.17, 15) is 0 Å². The summed E-state index contributed by atoms with van der Waals surface area (Å²) in [6, 6.07) is 0.786. The molecular formula is C9H19NS2. The van der Waals surface area contributed by atoms with Crippen molar-refractivity contribution in [1.29, 1.82) is 0 Å². The highest BCUT2D eigenvalue weighted by Gasteiger charge is 2.21. The largest absolute Gasteiger partial charge is 0.302 e. The Morgan fingerprint density at radius 2 is 2.42 bits per heavy atom. The molecule has 1 nitrogen and oxygen atoms in total.